The summed E-state index contributed by atoms with van der Waals surface area (Å²) in [4.78, 5) is 13.9. The minimum absolute atomic E-state index is 0.216. The monoisotopic (exact) mass is 214 g/mol. The fraction of sp³-hybridized carbons (Fsp3) is 0.333. The molecular formula is C9H11FN2O3. The van der Waals surface area contributed by atoms with E-state index in [-0.39, 0.29) is 6.61 Å². The van der Waals surface area contributed by atoms with Crippen molar-refractivity contribution in [3.8, 4) is 0 Å². The summed E-state index contributed by atoms with van der Waals surface area (Å²) in [6, 6.07) is 0.542. The van der Waals surface area contributed by atoms with Crippen LogP contribution in [0.4, 0.5) is 4.39 Å². The minimum atomic E-state index is -1.40. The molecule has 5 nitrogen and oxygen atoms in total. The molecule has 0 spiro atoms. The molecule has 0 aliphatic rings. The van der Waals surface area contributed by atoms with Crippen LogP contribution >= 0.6 is 0 Å². The van der Waals surface area contributed by atoms with Crippen molar-refractivity contribution >= 4 is 5.97 Å². The summed E-state index contributed by atoms with van der Waals surface area (Å²) in [5.41, 5.74) is 5.42. The molecule has 0 aromatic carbocycles. The van der Waals surface area contributed by atoms with Crippen molar-refractivity contribution in [3.63, 3.8) is 0 Å². The molecule has 0 amide bonds. The van der Waals surface area contributed by atoms with E-state index in [1.54, 1.807) is 0 Å². The third kappa shape index (κ3) is 2.71. The molecule has 1 heterocycles. The molecule has 0 saturated heterocycles. The highest BCUT2D eigenvalue weighted by atomic mass is 19.1. The Morgan fingerprint density at radius 1 is 1.80 bits per heavy atom. The lowest BCUT2D eigenvalue weighted by Gasteiger charge is -2.10. The number of carboxylic acid groups (broad SMARTS) is 1. The van der Waals surface area contributed by atoms with Gasteiger partial charge in [0.2, 0.25) is 0 Å². The Hall–Kier alpha value is -1.53. The average Bonchev–Trinajstić information content (AvgIpc) is 2.17. The van der Waals surface area contributed by atoms with E-state index in [0.29, 0.717) is 5.56 Å². The molecule has 1 aromatic rings. The molecule has 1 aromatic heterocycles. The van der Waals surface area contributed by atoms with Crippen LogP contribution in [-0.2, 0) is 4.74 Å². The summed E-state index contributed by atoms with van der Waals surface area (Å²) >= 11 is 0. The summed E-state index contributed by atoms with van der Waals surface area (Å²) in [6.07, 6.45) is 1.23. The molecule has 3 N–H and O–H groups in total. The fourth-order valence-corrected chi connectivity index (χ4v) is 1.09. The minimum Gasteiger partial charge on any atom is -0.476 e. The highest BCUT2D eigenvalue weighted by molar-refractivity contribution is 5.85. The number of nitrogens with zero attached hydrogens (tertiary/aromatic N) is 1. The fourth-order valence-electron chi connectivity index (χ4n) is 1.09. The maximum absolute atomic E-state index is 13.2. The predicted octanol–water partition coefficient (Wildman–Crippen LogP) is 0.565. The quantitative estimate of drug-likeness (QED) is 0.765. The van der Waals surface area contributed by atoms with E-state index in [9.17, 15) is 9.18 Å². The second-order valence-corrected chi connectivity index (χ2v) is 2.97. The first-order valence-electron chi connectivity index (χ1n) is 4.19. The Morgan fingerprint density at radius 3 is 2.93 bits per heavy atom. The van der Waals surface area contributed by atoms with E-state index in [4.69, 9.17) is 15.6 Å². The number of rotatable bonds is 4. The van der Waals surface area contributed by atoms with E-state index in [1.165, 1.54) is 13.3 Å². The first-order valence-corrected chi connectivity index (χ1v) is 4.19. The van der Waals surface area contributed by atoms with E-state index in [0.717, 1.165) is 6.07 Å². The summed E-state index contributed by atoms with van der Waals surface area (Å²) in [7, 11) is 1.47. The van der Waals surface area contributed by atoms with Crippen LogP contribution in [0.15, 0.2) is 12.3 Å². The van der Waals surface area contributed by atoms with Gasteiger partial charge in [0.15, 0.2) is 11.5 Å². The van der Waals surface area contributed by atoms with Gasteiger partial charge in [0.1, 0.15) is 0 Å². The summed E-state index contributed by atoms with van der Waals surface area (Å²) in [5.74, 6) is -2.30. The van der Waals surface area contributed by atoms with Crippen LogP contribution in [0, 0.1) is 5.82 Å². The maximum atomic E-state index is 13.2. The first-order chi connectivity index (χ1) is 7.06. The summed E-state index contributed by atoms with van der Waals surface area (Å²) < 4.78 is 17.9. The van der Waals surface area contributed by atoms with Gasteiger partial charge in [-0.15, -0.1) is 0 Å². The molecule has 0 aliphatic carbocycles. The molecule has 0 radical (unpaired) electrons. The number of ether oxygens (including phenoxy) is 1. The van der Waals surface area contributed by atoms with Gasteiger partial charge in [-0.05, 0) is 11.6 Å². The second-order valence-electron chi connectivity index (χ2n) is 2.97. The molecule has 15 heavy (non-hydrogen) atoms. The third-order valence-corrected chi connectivity index (χ3v) is 1.84. The number of hydrogen-bond acceptors (Lipinski definition) is 4. The molecule has 1 atom stereocenters. The lowest BCUT2D eigenvalue weighted by atomic mass is 10.1. The van der Waals surface area contributed by atoms with E-state index in [1.807, 2.05) is 0 Å². The van der Waals surface area contributed by atoms with Crippen LogP contribution in [0.1, 0.15) is 22.1 Å². The van der Waals surface area contributed by atoms with Gasteiger partial charge in [-0.25, -0.2) is 14.2 Å². The van der Waals surface area contributed by atoms with Gasteiger partial charge in [0, 0.05) is 13.3 Å². The smallest absolute Gasteiger partial charge is 0.357 e. The lowest BCUT2D eigenvalue weighted by Crippen LogP contribution is -2.17. The SMILES string of the molecule is COC[C@@H](N)c1cnc(C(=O)O)c(F)c1. The normalized spacial score (nSPS) is 12.5. The summed E-state index contributed by atoms with van der Waals surface area (Å²) in [6.45, 7) is 0.216. The van der Waals surface area contributed by atoms with Crippen molar-refractivity contribution in [2.24, 2.45) is 5.73 Å². The molecule has 82 valence electrons. The third-order valence-electron chi connectivity index (χ3n) is 1.84. The lowest BCUT2D eigenvalue weighted by molar-refractivity contribution is 0.0685. The number of carboxylic acids is 1. The molecule has 1 rings (SSSR count). The van der Waals surface area contributed by atoms with Crippen LogP contribution in [0.3, 0.4) is 0 Å². The zero-order valence-corrected chi connectivity index (χ0v) is 8.11. The molecule has 0 fully saturated rings. The Morgan fingerprint density at radius 2 is 2.47 bits per heavy atom. The van der Waals surface area contributed by atoms with Crippen molar-refractivity contribution in [1.29, 1.82) is 0 Å². The molecule has 0 aliphatic heterocycles. The van der Waals surface area contributed by atoms with Crippen LogP contribution < -0.4 is 5.73 Å². The summed E-state index contributed by atoms with van der Waals surface area (Å²) in [5, 5.41) is 8.54. The molecule has 0 bridgehead atoms. The molecule has 0 unspecified atom stereocenters. The molecule has 0 saturated carbocycles. The van der Waals surface area contributed by atoms with E-state index >= 15 is 0 Å². The van der Waals surface area contributed by atoms with Crippen molar-refractivity contribution in [2.45, 2.75) is 6.04 Å². The number of aromatic carboxylic acids is 1. The predicted molar refractivity (Wildman–Crippen MR) is 50.0 cm³/mol. The van der Waals surface area contributed by atoms with Gasteiger partial charge in [-0.1, -0.05) is 0 Å². The van der Waals surface area contributed by atoms with Crippen molar-refractivity contribution < 1.29 is 19.0 Å². The molecule has 6 heteroatoms. The van der Waals surface area contributed by atoms with Gasteiger partial charge in [0.25, 0.3) is 0 Å². The van der Waals surface area contributed by atoms with Crippen LogP contribution in [0.2, 0.25) is 0 Å². The van der Waals surface area contributed by atoms with Crippen molar-refractivity contribution in [1.82, 2.24) is 4.98 Å². The highest BCUT2D eigenvalue weighted by Crippen LogP contribution is 2.13. The topological polar surface area (TPSA) is 85.4 Å². The first kappa shape index (κ1) is 11.5. The number of pyridine rings is 1. The average molecular weight is 214 g/mol. The van der Waals surface area contributed by atoms with Crippen LogP contribution in [-0.4, -0.2) is 29.8 Å². The number of hydrogen-bond donors (Lipinski definition) is 2. The Balaban J connectivity index is 2.96. The maximum Gasteiger partial charge on any atom is 0.357 e. The molecular weight excluding hydrogens is 203 g/mol. The van der Waals surface area contributed by atoms with E-state index in [2.05, 4.69) is 4.98 Å². The van der Waals surface area contributed by atoms with Gasteiger partial charge in [-0.2, -0.15) is 0 Å². The zero-order chi connectivity index (χ0) is 11.4. The largest absolute Gasteiger partial charge is 0.476 e. The van der Waals surface area contributed by atoms with Gasteiger partial charge < -0.3 is 15.6 Å². The Labute approximate surface area is 85.7 Å². The Bertz CT molecular complexity index is 370. The highest BCUT2D eigenvalue weighted by Gasteiger charge is 2.14. The standard InChI is InChI=1S/C9H11FN2O3/c1-15-4-7(11)5-2-6(10)8(9(13)14)12-3-5/h2-3,7H,4,11H2,1H3,(H,13,14)/t7-/m1/s1. The van der Waals surface area contributed by atoms with Crippen molar-refractivity contribution in [3.05, 3.63) is 29.3 Å². The van der Waals surface area contributed by atoms with Crippen LogP contribution in [0.5, 0.6) is 0 Å². The van der Waals surface area contributed by atoms with Crippen LogP contribution in [0.25, 0.3) is 0 Å². The second kappa shape index (κ2) is 4.81. The number of carbonyl (C=O) groups is 1. The van der Waals surface area contributed by atoms with E-state index < -0.39 is 23.5 Å². The Kier molecular flexibility index (Phi) is 3.70. The van der Waals surface area contributed by atoms with Gasteiger partial charge >= 0.3 is 5.97 Å². The number of halogens is 1. The number of nitrogens with two attached hydrogens (primary N) is 1. The van der Waals surface area contributed by atoms with Crippen molar-refractivity contribution in [2.75, 3.05) is 13.7 Å². The number of methoxy groups -OCH3 is 1. The van der Waals surface area contributed by atoms with Gasteiger partial charge in [0.05, 0.1) is 12.6 Å². The number of aromatic nitrogens is 1. The zero-order valence-electron chi connectivity index (χ0n) is 8.11. The van der Waals surface area contributed by atoms with Gasteiger partial charge in [-0.3, -0.25) is 0 Å².